The molecule has 0 aromatic heterocycles. The van der Waals surface area contributed by atoms with E-state index in [0.717, 1.165) is 18.9 Å². The van der Waals surface area contributed by atoms with E-state index in [1.165, 1.54) is 10.4 Å². The molecule has 0 amide bonds. The molecular formula is C11H14BrFN2O2S. The number of rotatable bonds is 4. The lowest BCUT2D eigenvalue weighted by molar-refractivity contribution is 0.421. The number of nitrogens with zero attached hydrogens (tertiary/aromatic N) is 1. The third-order valence-corrected chi connectivity index (χ3v) is 5.60. The predicted molar refractivity (Wildman–Crippen MR) is 71.1 cm³/mol. The zero-order valence-electron chi connectivity index (χ0n) is 9.86. The Morgan fingerprint density at radius 2 is 2.11 bits per heavy atom. The number of halogens is 2. The molecule has 1 aromatic rings. The van der Waals surface area contributed by atoms with Crippen LogP contribution in [0.4, 0.5) is 10.1 Å². The standard InChI is InChI=1S/C11H14BrFN2O2S/c1-2-15(7-3-4-7)18(16,17)11-5-8(12)9(13)6-10(11)14/h5-7H,2-4,14H2,1H3. The fraction of sp³-hybridized carbons (Fsp3) is 0.455. The van der Waals surface area contributed by atoms with E-state index < -0.39 is 15.8 Å². The first kappa shape index (κ1) is 13.8. The third kappa shape index (κ3) is 2.39. The summed E-state index contributed by atoms with van der Waals surface area (Å²) < 4.78 is 39.6. The van der Waals surface area contributed by atoms with E-state index in [4.69, 9.17) is 5.73 Å². The van der Waals surface area contributed by atoms with Crippen molar-refractivity contribution in [2.24, 2.45) is 0 Å². The first-order valence-electron chi connectivity index (χ1n) is 5.64. The lowest BCUT2D eigenvalue weighted by Gasteiger charge is -2.21. The molecule has 0 unspecified atom stereocenters. The Morgan fingerprint density at radius 3 is 2.61 bits per heavy atom. The lowest BCUT2D eigenvalue weighted by atomic mass is 10.3. The molecule has 0 atom stereocenters. The van der Waals surface area contributed by atoms with Gasteiger partial charge >= 0.3 is 0 Å². The summed E-state index contributed by atoms with van der Waals surface area (Å²) in [6, 6.07) is 2.31. The Labute approximate surface area is 114 Å². The summed E-state index contributed by atoms with van der Waals surface area (Å²) in [5.74, 6) is -0.569. The van der Waals surface area contributed by atoms with Gasteiger partial charge in [-0.1, -0.05) is 6.92 Å². The van der Waals surface area contributed by atoms with Crippen molar-refractivity contribution in [3.8, 4) is 0 Å². The molecule has 1 aromatic carbocycles. The maximum Gasteiger partial charge on any atom is 0.245 e. The summed E-state index contributed by atoms with van der Waals surface area (Å²) in [4.78, 5) is -0.0375. The highest BCUT2D eigenvalue weighted by Crippen LogP contribution is 2.34. The Kier molecular flexibility index (Phi) is 3.66. The molecule has 7 heteroatoms. The van der Waals surface area contributed by atoms with Crippen molar-refractivity contribution in [2.75, 3.05) is 12.3 Å². The van der Waals surface area contributed by atoms with Crippen molar-refractivity contribution in [2.45, 2.75) is 30.7 Å². The van der Waals surface area contributed by atoms with Crippen molar-refractivity contribution in [1.29, 1.82) is 0 Å². The summed E-state index contributed by atoms with van der Waals surface area (Å²) in [6.07, 6.45) is 1.74. The van der Waals surface area contributed by atoms with Gasteiger partial charge in [0, 0.05) is 12.6 Å². The third-order valence-electron chi connectivity index (χ3n) is 2.91. The Morgan fingerprint density at radius 1 is 1.50 bits per heavy atom. The predicted octanol–water partition coefficient (Wildman–Crippen LogP) is 2.34. The monoisotopic (exact) mass is 336 g/mol. The molecule has 18 heavy (non-hydrogen) atoms. The summed E-state index contributed by atoms with van der Waals surface area (Å²) in [6.45, 7) is 2.17. The van der Waals surface area contributed by atoms with E-state index >= 15 is 0 Å². The van der Waals surface area contributed by atoms with Gasteiger partial charge in [-0.2, -0.15) is 4.31 Å². The van der Waals surface area contributed by atoms with Crippen LogP contribution in [-0.2, 0) is 10.0 Å². The topological polar surface area (TPSA) is 63.4 Å². The number of hydrogen-bond acceptors (Lipinski definition) is 3. The second kappa shape index (κ2) is 4.79. The van der Waals surface area contributed by atoms with Crippen molar-refractivity contribution >= 4 is 31.6 Å². The van der Waals surface area contributed by atoms with Gasteiger partial charge in [-0.15, -0.1) is 0 Å². The van der Waals surface area contributed by atoms with Gasteiger partial charge in [0.15, 0.2) is 0 Å². The van der Waals surface area contributed by atoms with Crippen LogP contribution in [-0.4, -0.2) is 25.3 Å². The lowest BCUT2D eigenvalue weighted by Crippen LogP contribution is -2.33. The summed E-state index contributed by atoms with van der Waals surface area (Å²) in [5, 5.41) is 0. The first-order chi connectivity index (χ1) is 8.37. The van der Waals surface area contributed by atoms with E-state index in [-0.39, 0.29) is 21.1 Å². The highest BCUT2D eigenvalue weighted by atomic mass is 79.9. The molecule has 0 bridgehead atoms. The molecular weight excluding hydrogens is 323 g/mol. The minimum Gasteiger partial charge on any atom is -0.398 e. The van der Waals surface area contributed by atoms with Crippen molar-refractivity contribution in [3.63, 3.8) is 0 Å². The molecule has 0 spiro atoms. The van der Waals surface area contributed by atoms with Crippen LogP contribution in [0.3, 0.4) is 0 Å². The zero-order valence-corrected chi connectivity index (χ0v) is 12.3. The van der Waals surface area contributed by atoms with Crippen LogP contribution < -0.4 is 5.73 Å². The first-order valence-corrected chi connectivity index (χ1v) is 7.87. The average Bonchev–Trinajstić information content (AvgIpc) is 3.08. The smallest absolute Gasteiger partial charge is 0.245 e. The molecule has 1 aliphatic carbocycles. The molecule has 1 aliphatic rings. The second-order valence-electron chi connectivity index (χ2n) is 4.24. The Hall–Kier alpha value is -0.660. The molecule has 2 N–H and O–H groups in total. The average molecular weight is 337 g/mol. The quantitative estimate of drug-likeness (QED) is 0.858. The second-order valence-corrected chi connectivity index (χ2v) is 6.96. The maximum atomic E-state index is 13.3. The van der Waals surface area contributed by atoms with Crippen LogP contribution in [0, 0.1) is 5.82 Å². The number of anilines is 1. The summed E-state index contributed by atoms with van der Waals surface area (Å²) in [7, 11) is -3.65. The fourth-order valence-electron chi connectivity index (χ4n) is 1.88. The molecule has 1 saturated carbocycles. The van der Waals surface area contributed by atoms with Gasteiger partial charge in [-0.25, -0.2) is 12.8 Å². The number of sulfonamides is 1. The van der Waals surface area contributed by atoms with E-state index in [0.29, 0.717) is 6.54 Å². The van der Waals surface area contributed by atoms with Crippen molar-refractivity contribution in [3.05, 3.63) is 22.4 Å². The van der Waals surface area contributed by atoms with Crippen LogP contribution in [0.2, 0.25) is 0 Å². The molecule has 0 heterocycles. The van der Waals surface area contributed by atoms with E-state index in [2.05, 4.69) is 15.9 Å². The van der Waals surface area contributed by atoms with Gasteiger partial charge in [-0.05, 0) is 40.9 Å². The van der Waals surface area contributed by atoms with Gasteiger partial charge in [0.2, 0.25) is 10.0 Å². The van der Waals surface area contributed by atoms with Crippen LogP contribution in [0.25, 0.3) is 0 Å². The fourth-order valence-corrected chi connectivity index (χ4v) is 4.19. The SMILES string of the molecule is CCN(C1CC1)S(=O)(=O)c1cc(Br)c(F)cc1N. The minimum absolute atomic E-state index is 0.0375. The zero-order chi connectivity index (χ0) is 13.5. The number of nitrogen functional groups attached to an aromatic ring is 1. The van der Waals surface area contributed by atoms with E-state index in [1.807, 2.05) is 0 Å². The van der Waals surface area contributed by atoms with E-state index in [9.17, 15) is 12.8 Å². The molecule has 4 nitrogen and oxygen atoms in total. The normalized spacial score (nSPS) is 16.2. The number of hydrogen-bond donors (Lipinski definition) is 1. The van der Waals surface area contributed by atoms with Gasteiger partial charge in [0.25, 0.3) is 0 Å². The largest absolute Gasteiger partial charge is 0.398 e. The summed E-state index contributed by atoms with van der Waals surface area (Å²) >= 11 is 2.98. The minimum atomic E-state index is -3.65. The van der Waals surface area contributed by atoms with Crippen LogP contribution in [0.1, 0.15) is 19.8 Å². The molecule has 1 fully saturated rings. The highest BCUT2D eigenvalue weighted by molar-refractivity contribution is 9.10. The molecule has 0 radical (unpaired) electrons. The van der Waals surface area contributed by atoms with Crippen molar-refractivity contribution in [1.82, 2.24) is 4.31 Å². The number of nitrogens with two attached hydrogens (primary N) is 1. The van der Waals surface area contributed by atoms with Gasteiger partial charge in [-0.3, -0.25) is 0 Å². The van der Waals surface area contributed by atoms with Crippen molar-refractivity contribution < 1.29 is 12.8 Å². The molecule has 0 aliphatic heterocycles. The highest BCUT2D eigenvalue weighted by Gasteiger charge is 2.37. The number of benzene rings is 1. The van der Waals surface area contributed by atoms with Gasteiger partial charge in [0.1, 0.15) is 10.7 Å². The van der Waals surface area contributed by atoms with Crippen LogP contribution in [0.5, 0.6) is 0 Å². The van der Waals surface area contributed by atoms with Gasteiger partial charge < -0.3 is 5.73 Å². The van der Waals surface area contributed by atoms with Crippen LogP contribution in [0.15, 0.2) is 21.5 Å². The van der Waals surface area contributed by atoms with E-state index in [1.54, 1.807) is 6.92 Å². The Bertz CT molecular complexity index is 573. The molecule has 0 saturated heterocycles. The Balaban J connectivity index is 2.49. The molecule has 100 valence electrons. The molecule has 2 rings (SSSR count). The van der Waals surface area contributed by atoms with Gasteiger partial charge in [0.05, 0.1) is 10.2 Å². The summed E-state index contributed by atoms with van der Waals surface area (Å²) in [5.41, 5.74) is 5.56. The van der Waals surface area contributed by atoms with Crippen LogP contribution >= 0.6 is 15.9 Å². The maximum absolute atomic E-state index is 13.3.